The number of carboxylic acid groups (broad SMARTS) is 1. The van der Waals surface area contributed by atoms with Gasteiger partial charge in [-0.15, -0.1) is 11.3 Å². The van der Waals surface area contributed by atoms with E-state index in [-0.39, 0.29) is 17.9 Å². The maximum atomic E-state index is 12.1. The number of carboxylic acids is 1. The van der Waals surface area contributed by atoms with Crippen LogP contribution in [0.1, 0.15) is 64.6 Å². The Labute approximate surface area is 157 Å². The van der Waals surface area contributed by atoms with Gasteiger partial charge in [-0.05, 0) is 24.5 Å². The first-order chi connectivity index (χ1) is 12.6. The van der Waals surface area contributed by atoms with Crippen LogP contribution in [0.15, 0.2) is 29.6 Å². The Kier molecular flexibility index (Phi) is 6.39. The number of hydrogen-bond donors (Lipinski definition) is 2. The van der Waals surface area contributed by atoms with Crippen LogP contribution in [0.4, 0.5) is 0 Å². The molecule has 26 heavy (non-hydrogen) atoms. The zero-order valence-corrected chi connectivity index (χ0v) is 15.6. The average Bonchev–Trinajstić information content (AvgIpc) is 3.11. The van der Waals surface area contributed by atoms with E-state index in [1.54, 1.807) is 29.5 Å². The lowest BCUT2D eigenvalue weighted by molar-refractivity contribution is -0.120. The SMILES string of the molecule is O=C(Cc1ccccc1C(=O)O)NCCc1nc(C2CCCCC2)cs1. The van der Waals surface area contributed by atoms with Crippen molar-refractivity contribution in [1.29, 1.82) is 0 Å². The number of benzene rings is 1. The van der Waals surface area contributed by atoms with Crippen molar-refractivity contribution in [3.8, 4) is 0 Å². The summed E-state index contributed by atoms with van der Waals surface area (Å²) in [6, 6.07) is 6.61. The van der Waals surface area contributed by atoms with E-state index in [0.717, 1.165) is 5.01 Å². The first-order valence-corrected chi connectivity index (χ1v) is 10.0. The summed E-state index contributed by atoms with van der Waals surface area (Å²) in [5.74, 6) is -0.565. The van der Waals surface area contributed by atoms with Gasteiger partial charge in [-0.1, -0.05) is 37.5 Å². The second kappa shape index (κ2) is 8.94. The molecular weight excluding hydrogens is 348 g/mol. The van der Waals surface area contributed by atoms with E-state index >= 15 is 0 Å². The molecule has 5 nitrogen and oxygen atoms in total. The van der Waals surface area contributed by atoms with Crippen LogP contribution in [0, 0.1) is 0 Å². The standard InChI is InChI=1S/C20H24N2O3S/c23-18(12-15-8-4-5-9-16(15)20(24)25)21-11-10-19-22-17(13-26-19)14-6-2-1-3-7-14/h4-5,8-9,13-14H,1-3,6-7,10-12H2,(H,21,23)(H,24,25). The number of thiazole rings is 1. The number of rotatable bonds is 7. The zero-order chi connectivity index (χ0) is 18.4. The Hall–Kier alpha value is -2.21. The molecule has 2 aromatic rings. The summed E-state index contributed by atoms with van der Waals surface area (Å²) in [7, 11) is 0. The van der Waals surface area contributed by atoms with Gasteiger partial charge < -0.3 is 10.4 Å². The monoisotopic (exact) mass is 372 g/mol. The molecule has 0 atom stereocenters. The predicted octanol–water partition coefficient (Wildman–Crippen LogP) is 3.79. The Morgan fingerprint density at radius 1 is 1.19 bits per heavy atom. The molecule has 1 heterocycles. The minimum atomic E-state index is -1.01. The molecule has 0 spiro atoms. The minimum absolute atomic E-state index is 0.0771. The fourth-order valence-corrected chi connectivity index (χ4v) is 4.33. The first kappa shape index (κ1) is 18.6. The highest BCUT2D eigenvalue weighted by Crippen LogP contribution is 2.33. The number of aromatic nitrogens is 1. The molecule has 3 rings (SSSR count). The summed E-state index contributed by atoms with van der Waals surface area (Å²) >= 11 is 1.67. The van der Waals surface area contributed by atoms with Gasteiger partial charge in [0, 0.05) is 24.3 Å². The van der Waals surface area contributed by atoms with Gasteiger partial charge >= 0.3 is 5.97 Å². The maximum absolute atomic E-state index is 12.1. The molecule has 1 aliphatic carbocycles. The number of aromatic carboxylic acids is 1. The minimum Gasteiger partial charge on any atom is -0.478 e. The van der Waals surface area contributed by atoms with Crippen molar-refractivity contribution in [1.82, 2.24) is 10.3 Å². The molecule has 1 fully saturated rings. The highest BCUT2D eigenvalue weighted by Gasteiger charge is 2.18. The van der Waals surface area contributed by atoms with Crippen LogP contribution in [0.5, 0.6) is 0 Å². The van der Waals surface area contributed by atoms with E-state index in [1.807, 2.05) is 0 Å². The van der Waals surface area contributed by atoms with Gasteiger partial charge in [-0.25, -0.2) is 9.78 Å². The summed E-state index contributed by atoms with van der Waals surface area (Å²) < 4.78 is 0. The van der Waals surface area contributed by atoms with Gasteiger partial charge in [0.2, 0.25) is 5.91 Å². The molecule has 2 N–H and O–H groups in total. The molecule has 1 aromatic carbocycles. The summed E-state index contributed by atoms with van der Waals surface area (Å²) in [6.45, 7) is 0.520. The van der Waals surface area contributed by atoms with Gasteiger partial charge in [0.05, 0.1) is 22.7 Å². The van der Waals surface area contributed by atoms with Crippen LogP contribution in [0.2, 0.25) is 0 Å². The molecule has 1 aromatic heterocycles. The van der Waals surface area contributed by atoms with Crippen molar-refractivity contribution in [2.45, 2.75) is 50.9 Å². The van der Waals surface area contributed by atoms with Crippen molar-refractivity contribution < 1.29 is 14.7 Å². The Morgan fingerprint density at radius 2 is 1.96 bits per heavy atom. The van der Waals surface area contributed by atoms with Crippen molar-refractivity contribution >= 4 is 23.2 Å². The van der Waals surface area contributed by atoms with Crippen molar-refractivity contribution in [2.24, 2.45) is 0 Å². The van der Waals surface area contributed by atoms with E-state index < -0.39 is 5.97 Å². The normalized spacial score (nSPS) is 14.9. The highest BCUT2D eigenvalue weighted by atomic mass is 32.1. The van der Waals surface area contributed by atoms with E-state index in [1.165, 1.54) is 43.9 Å². The summed E-state index contributed by atoms with van der Waals surface area (Å²) in [4.78, 5) is 28.0. The number of hydrogen-bond acceptors (Lipinski definition) is 4. The lowest BCUT2D eigenvalue weighted by Crippen LogP contribution is -2.27. The molecule has 0 unspecified atom stereocenters. The average molecular weight is 372 g/mol. The third-order valence-electron chi connectivity index (χ3n) is 4.85. The third-order valence-corrected chi connectivity index (χ3v) is 5.78. The third kappa shape index (κ3) is 4.91. The van der Waals surface area contributed by atoms with E-state index in [0.29, 0.717) is 24.4 Å². The van der Waals surface area contributed by atoms with Gasteiger partial charge in [0.25, 0.3) is 0 Å². The van der Waals surface area contributed by atoms with Gasteiger partial charge in [0.15, 0.2) is 0 Å². The van der Waals surface area contributed by atoms with Crippen LogP contribution in [-0.2, 0) is 17.6 Å². The lowest BCUT2D eigenvalue weighted by atomic mass is 9.87. The predicted molar refractivity (Wildman–Crippen MR) is 102 cm³/mol. The van der Waals surface area contributed by atoms with E-state index in [2.05, 4.69) is 10.7 Å². The first-order valence-electron chi connectivity index (χ1n) is 9.15. The second-order valence-corrected chi connectivity index (χ2v) is 7.68. The van der Waals surface area contributed by atoms with Crippen molar-refractivity contribution in [3.63, 3.8) is 0 Å². The number of carbonyl (C=O) groups is 2. The molecule has 6 heteroatoms. The fourth-order valence-electron chi connectivity index (χ4n) is 3.45. The number of carbonyl (C=O) groups excluding carboxylic acids is 1. The molecular formula is C20H24N2O3S. The van der Waals surface area contributed by atoms with Crippen molar-refractivity contribution in [2.75, 3.05) is 6.54 Å². The van der Waals surface area contributed by atoms with Crippen molar-refractivity contribution in [3.05, 3.63) is 51.5 Å². The molecule has 0 aliphatic heterocycles. The lowest BCUT2D eigenvalue weighted by Gasteiger charge is -2.19. The number of nitrogens with one attached hydrogen (secondary N) is 1. The van der Waals surface area contributed by atoms with E-state index in [4.69, 9.17) is 4.98 Å². The van der Waals surface area contributed by atoms with Gasteiger partial charge in [-0.2, -0.15) is 0 Å². The fraction of sp³-hybridized carbons (Fsp3) is 0.450. The Bertz CT molecular complexity index is 766. The van der Waals surface area contributed by atoms with Crippen LogP contribution in [0.25, 0.3) is 0 Å². The van der Waals surface area contributed by atoms with Crippen LogP contribution >= 0.6 is 11.3 Å². The second-order valence-electron chi connectivity index (χ2n) is 6.74. The number of amides is 1. The molecule has 0 radical (unpaired) electrons. The van der Waals surface area contributed by atoms with E-state index in [9.17, 15) is 14.7 Å². The summed E-state index contributed by atoms with van der Waals surface area (Å²) in [5, 5.41) is 15.3. The van der Waals surface area contributed by atoms with Crippen LogP contribution in [-0.4, -0.2) is 28.5 Å². The summed E-state index contributed by atoms with van der Waals surface area (Å²) in [5.41, 5.74) is 1.93. The molecule has 1 amide bonds. The molecule has 1 aliphatic rings. The Morgan fingerprint density at radius 3 is 2.73 bits per heavy atom. The Balaban J connectivity index is 1.47. The topological polar surface area (TPSA) is 79.3 Å². The zero-order valence-electron chi connectivity index (χ0n) is 14.7. The quantitative estimate of drug-likeness (QED) is 0.775. The molecule has 0 bridgehead atoms. The van der Waals surface area contributed by atoms with Gasteiger partial charge in [-0.3, -0.25) is 4.79 Å². The molecule has 0 saturated heterocycles. The smallest absolute Gasteiger partial charge is 0.335 e. The molecule has 1 saturated carbocycles. The van der Waals surface area contributed by atoms with Gasteiger partial charge in [0.1, 0.15) is 0 Å². The summed E-state index contributed by atoms with van der Waals surface area (Å²) in [6.07, 6.45) is 7.20. The molecule has 138 valence electrons. The highest BCUT2D eigenvalue weighted by molar-refractivity contribution is 7.09. The number of nitrogens with zero attached hydrogens (tertiary/aromatic N) is 1. The van der Waals surface area contributed by atoms with Crippen LogP contribution in [0.3, 0.4) is 0 Å². The largest absolute Gasteiger partial charge is 0.478 e. The van der Waals surface area contributed by atoms with Crippen LogP contribution < -0.4 is 5.32 Å². The maximum Gasteiger partial charge on any atom is 0.335 e.